The van der Waals surface area contributed by atoms with Gasteiger partial charge in [-0.3, -0.25) is 14.5 Å². The van der Waals surface area contributed by atoms with Crippen molar-refractivity contribution in [2.24, 2.45) is 0 Å². The molecule has 2 aliphatic heterocycles. The summed E-state index contributed by atoms with van der Waals surface area (Å²) in [6, 6.07) is 3.65. The number of piperazine rings is 1. The summed E-state index contributed by atoms with van der Waals surface area (Å²) in [6.45, 7) is 8.36. The first-order chi connectivity index (χ1) is 12.7. The van der Waals surface area contributed by atoms with Crippen LogP contribution in [0.5, 0.6) is 0 Å². The summed E-state index contributed by atoms with van der Waals surface area (Å²) in [4.78, 5) is 29.5. The van der Waals surface area contributed by atoms with E-state index in [1.54, 1.807) is 11.0 Å². The van der Waals surface area contributed by atoms with Crippen molar-refractivity contribution in [2.45, 2.75) is 25.8 Å². The molecule has 1 N–H and O–H groups in total. The summed E-state index contributed by atoms with van der Waals surface area (Å²) in [5, 5.41) is 3.23. The van der Waals surface area contributed by atoms with Crippen LogP contribution in [0.2, 0.25) is 0 Å². The average molecular weight is 362 g/mol. The number of amides is 1. The third kappa shape index (κ3) is 5.65. The number of hydrogen-bond acceptors (Lipinski definition) is 6. The van der Waals surface area contributed by atoms with Gasteiger partial charge in [0.25, 0.3) is 0 Å². The van der Waals surface area contributed by atoms with Gasteiger partial charge in [0.2, 0.25) is 12.2 Å². The molecule has 7 heteroatoms. The Morgan fingerprint density at radius 2 is 1.81 bits per heavy atom. The molecule has 26 heavy (non-hydrogen) atoms. The van der Waals surface area contributed by atoms with Crippen molar-refractivity contribution in [3.8, 4) is 0 Å². The van der Waals surface area contributed by atoms with E-state index in [-0.39, 0.29) is 5.78 Å². The molecule has 7 nitrogen and oxygen atoms in total. The van der Waals surface area contributed by atoms with E-state index >= 15 is 0 Å². The molecular weight excluding hydrogens is 332 g/mol. The Bertz CT molecular complexity index is 575. The van der Waals surface area contributed by atoms with E-state index in [1.165, 1.54) is 32.4 Å². The van der Waals surface area contributed by atoms with Crippen LogP contribution in [0.1, 0.15) is 35.6 Å². The largest absolute Gasteiger partial charge is 0.457 e. The summed E-state index contributed by atoms with van der Waals surface area (Å²) >= 11 is 0. The molecule has 0 saturated carbocycles. The minimum atomic E-state index is 0.000619. The maximum Gasteiger partial charge on any atom is 0.211 e. The van der Waals surface area contributed by atoms with Gasteiger partial charge < -0.3 is 19.5 Å². The molecule has 2 aliphatic rings. The lowest BCUT2D eigenvalue weighted by atomic mass is 10.1. The zero-order valence-corrected chi connectivity index (χ0v) is 15.5. The summed E-state index contributed by atoms with van der Waals surface area (Å²) in [7, 11) is 0. The van der Waals surface area contributed by atoms with E-state index in [4.69, 9.17) is 4.42 Å². The van der Waals surface area contributed by atoms with Crippen molar-refractivity contribution < 1.29 is 14.0 Å². The van der Waals surface area contributed by atoms with E-state index in [1.807, 2.05) is 6.07 Å². The monoisotopic (exact) mass is 362 g/mol. The topological polar surface area (TPSA) is 69.0 Å². The fourth-order valence-corrected chi connectivity index (χ4v) is 3.57. The van der Waals surface area contributed by atoms with Crippen LogP contribution in [0, 0.1) is 0 Å². The van der Waals surface area contributed by atoms with E-state index < -0.39 is 0 Å². The number of ketones is 1. The molecule has 1 amide bonds. The number of likely N-dealkylation sites (tertiary alicyclic amines) is 1. The van der Waals surface area contributed by atoms with E-state index in [0.717, 1.165) is 51.4 Å². The minimum absolute atomic E-state index is 0.000619. The molecular formula is C19H30N4O3. The first-order valence-electron chi connectivity index (χ1n) is 9.71. The van der Waals surface area contributed by atoms with Gasteiger partial charge in [-0.2, -0.15) is 0 Å². The van der Waals surface area contributed by atoms with E-state index in [2.05, 4.69) is 15.1 Å². The Balaban J connectivity index is 1.35. The van der Waals surface area contributed by atoms with Gasteiger partial charge in [-0.05, 0) is 38.1 Å². The maximum atomic E-state index is 12.3. The predicted molar refractivity (Wildman–Crippen MR) is 99.1 cm³/mol. The predicted octanol–water partition coefficient (Wildman–Crippen LogP) is 0.812. The highest BCUT2D eigenvalue weighted by atomic mass is 16.3. The van der Waals surface area contributed by atoms with Gasteiger partial charge in [0.1, 0.15) is 5.76 Å². The summed E-state index contributed by atoms with van der Waals surface area (Å²) in [5.74, 6) is 1.24. The van der Waals surface area contributed by atoms with Crippen molar-refractivity contribution >= 4 is 12.2 Å². The third-order valence-electron chi connectivity index (χ3n) is 5.21. The number of furan rings is 1. The number of carbonyl (C=O) groups excluding carboxylic acids is 2. The normalized spacial score (nSPS) is 19.6. The van der Waals surface area contributed by atoms with Gasteiger partial charge in [0.15, 0.2) is 5.76 Å². The molecule has 3 rings (SSSR count). The maximum absolute atomic E-state index is 12.3. The first-order valence-corrected chi connectivity index (χ1v) is 9.71. The van der Waals surface area contributed by atoms with Crippen LogP contribution in [-0.4, -0.2) is 85.8 Å². The van der Waals surface area contributed by atoms with Crippen molar-refractivity contribution in [2.75, 3.05) is 58.9 Å². The molecule has 1 aromatic rings. The molecule has 1 aromatic heterocycles. The van der Waals surface area contributed by atoms with E-state index in [9.17, 15) is 9.59 Å². The molecule has 0 spiro atoms. The number of carbonyl (C=O) groups is 2. The smallest absolute Gasteiger partial charge is 0.211 e. The van der Waals surface area contributed by atoms with Crippen LogP contribution < -0.4 is 5.32 Å². The van der Waals surface area contributed by atoms with Crippen LogP contribution in [0.15, 0.2) is 16.5 Å². The lowest BCUT2D eigenvalue weighted by Gasteiger charge is -2.31. The molecule has 144 valence electrons. The van der Waals surface area contributed by atoms with Gasteiger partial charge >= 0.3 is 0 Å². The summed E-state index contributed by atoms with van der Waals surface area (Å²) in [5.41, 5.74) is 0. The Morgan fingerprint density at radius 1 is 1.04 bits per heavy atom. The fraction of sp³-hybridized carbons (Fsp3) is 0.684. The summed E-state index contributed by atoms with van der Waals surface area (Å²) < 4.78 is 5.72. The second kappa shape index (κ2) is 9.85. The fourth-order valence-electron chi connectivity index (χ4n) is 3.57. The highest BCUT2D eigenvalue weighted by molar-refractivity contribution is 5.95. The molecule has 2 fully saturated rings. The highest BCUT2D eigenvalue weighted by Crippen LogP contribution is 2.13. The van der Waals surface area contributed by atoms with Crippen molar-refractivity contribution in [3.05, 3.63) is 23.7 Å². The Hall–Kier alpha value is -1.70. The van der Waals surface area contributed by atoms with Crippen molar-refractivity contribution in [3.63, 3.8) is 0 Å². The van der Waals surface area contributed by atoms with E-state index in [0.29, 0.717) is 18.8 Å². The van der Waals surface area contributed by atoms with Gasteiger partial charge in [0, 0.05) is 39.3 Å². The summed E-state index contributed by atoms with van der Waals surface area (Å²) in [6.07, 6.45) is 4.83. The van der Waals surface area contributed by atoms with Crippen LogP contribution in [0.4, 0.5) is 0 Å². The molecule has 3 heterocycles. The number of piperidine rings is 1. The van der Waals surface area contributed by atoms with Gasteiger partial charge in [0.05, 0.1) is 13.1 Å². The minimum Gasteiger partial charge on any atom is -0.457 e. The SMILES string of the molecule is O=CN1CCN(Cc2ccc(C(=O)CNCCN3CCCCC3)o2)CC1. The lowest BCUT2D eigenvalue weighted by Crippen LogP contribution is -2.45. The third-order valence-corrected chi connectivity index (χ3v) is 5.21. The number of Topliss-reactive ketones (excluding diaryl/α,β-unsaturated/α-hetero) is 1. The quantitative estimate of drug-likeness (QED) is 0.398. The number of hydrogen-bond donors (Lipinski definition) is 1. The van der Waals surface area contributed by atoms with Crippen molar-refractivity contribution in [1.82, 2.24) is 20.0 Å². The van der Waals surface area contributed by atoms with Crippen LogP contribution >= 0.6 is 0 Å². The zero-order chi connectivity index (χ0) is 18.2. The average Bonchev–Trinajstić information content (AvgIpc) is 3.15. The molecule has 0 atom stereocenters. The van der Waals surface area contributed by atoms with Crippen molar-refractivity contribution in [1.29, 1.82) is 0 Å². The zero-order valence-electron chi connectivity index (χ0n) is 15.5. The number of nitrogens with zero attached hydrogens (tertiary/aromatic N) is 3. The molecule has 0 aliphatic carbocycles. The first kappa shape index (κ1) is 19.1. The number of rotatable bonds is 9. The lowest BCUT2D eigenvalue weighted by molar-refractivity contribution is -0.119. The molecule has 0 unspecified atom stereocenters. The van der Waals surface area contributed by atoms with Gasteiger partial charge in [-0.25, -0.2) is 0 Å². The Morgan fingerprint density at radius 3 is 2.54 bits per heavy atom. The number of nitrogens with one attached hydrogen (secondary N) is 1. The second-order valence-corrected chi connectivity index (χ2v) is 7.19. The Kier molecular flexibility index (Phi) is 7.22. The highest BCUT2D eigenvalue weighted by Gasteiger charge is 2.18. The molecule has 2 saturated heterocycles. The van der Waals surface area contributed by atoms with Crippen LogP contribution in [0.3, 0.4) is 0 Å². The standard InChI is InChI=1S/C19H30N4O3/c24-16-23-12-10-22(11-13-23)15-17-4-5-19(26-17)18(25)14-20-6-9-21-7-2-1-3-8-21/h4-5,16,20H,1-3,6-15H2. The van der Waals surface area contributed by atoms with Crippen LogP contribution in [-0.2, 0) is 11.3 Å². The molecule has 0 radical (unpaired) electrons. The van der Waals surface area contributed by atoms with Gasteiger partial charge in [-0.1, -0.05) is 6.42 Å². The molecule has 0 bridgehead atoms. The Labute approximate surface area is 155 Å². The molecule has 0 aromatic carbocycles. The second-order valence-electron chi connectivity index (χ2n) is 7.19. The van der Waals surface area contributed by atoms with Gasteiger partial charge in [-0.15, -0.1) is 0 Å². The van der Waals surface area contributed by atoms with Crippen LogP contribution in [0.25, 0.3) is 0 Å².